The molecule has 0 aromatic rings. The van der Waals surface area contributed by atoms with Crippen molar-refractivity contribution in [2.45, 2.75) is 51.0 Å². The first-order valence-corrected chi connectivity index (χ1v) is 6.14. The van der Waals surface area contributed by atoms with Crippen molar-refractivity contribution in [2.75, 3.05) is 6.61 Å². The predicted molar refractivity (Wildman–Crippen MR) is 64.6 cm³/mol. The molecule has 4 atom stereocenters. The minimum Gasteiger partial charge on any atom is -0.459 e. The summed E-state index contributed by atoms with van der Waals surface area (Å²) in [7, 11) is 0. The lowest BCUT2D eigenvalue weighted by molar-refractivity contribution is -0.157. The average molecular weight is 239 g/mol. The molecule has 17 heavy (non-hydrogen) atoms. The van der Waals surface area contributed by atoms with Crippen LogP contribution in [0.3, 0.4) is 0 Å². The Hall–Kier alpha value is -0.870. The van der Waals surface area contributed by atoms with Gasteiger partial charge in [-0.3, -0.25) is 10.1 Å². The highest BCUT2D eigenvalue weighted by molar-refractivity contribution is 5.76. The molecule has 0 saturated carbocycles. The van der Waals surface area contributed by atoms with Gasteiger partial charge in [-0.1, -0.05) is 6.08 Å². The van der Waals surface area contributed by atoms with Crippen molar-refractivity contribution in [1.29, 1.82) is 0 Å². The molecule has 2 rings (SSSR count). The van der Waals surface area contributed by atoms with Gasteiger partial charge in [-0.15, -0.1) is 6.58 Å². The molecule has 0 aromatic carbocycles. The molecule has 0 spiro atoms. The Balaban J connectivity index is 1.95. The molecule has 2 fully saturated rings. The molecule has 2 aliphatic rings. The number of ether oxygens (including phenoxy) is 2. The fourth-order valence-electron chi connectivity index (χ4n) is 2.27. The molecule has 1 N–H and O–H groups in total. The zero-order valence-electron chi connectivity index (χ0n) is 10.7. The molecular formula is C13H21NO3. The summed E-state index contributed by atoms with van der Waals surface area (Å²) in [5.41, 5.74) is -0.434. The second-order valence-electron chi connectivity index (χ2n) is 5.79. The van der Waals surface area contributed by atoms with Crippen molar-refractivity contribution in [1.82, 2.24) is 5.32 Å². The normalized spacial score (nSPS) is 36.6. The standard InChI is InChI=1S/C13H21NO3/c1-5-8-6-9(12(15)17-13(2,3)4)14-11(8)10-7-16-10/h5,8-11,14H,1,6-7H2,2-4H3/t8-,9-,10?,11-/m1/s1. The first-order chi connectivity index (χ1) is 7.90. The van der Waals surface area contributed by atoms with Crippen LogP contribution in [0.1, 0.15) is 27.2 Å². The Kier molecular flexibility index (Phi) is 3.27. The van der Waals surface area contributed by atoms with Gasteiger partial charge in [0.2, 0.25) is 0 Å². The van der Waals surface area contributed by atoms with E-state index in [0.29, 0.717) is 5.92 Å². The molecule has 2 heterocycles. The predicted octanol–water partition coefficient (Wildman–Crippen LogP) is 1.26. The summed E-state index contributed by atoms with van der Waals surface area (Å²) in [6.07, 6.45) is 2.90. The maximum atomic E-state index is 12.0. The molecule has 1 unspecified atom stereocenters. The Morgan fingerprint density at radius 1 is 1.53 bits per heavy atom. The summed E-state index contributed by atoms with van der Waals surface area (Å²) in [6.45, 7) is 10.2. The van der Waals surface area contributed by atoms with Gasteiger partial charge in [0.15, 0.2) is 0 Å². The number of carbonyl (C=O) groups excluding carboxylic acids is 1. The Labute approximate surface area is 102 Å². The number of carbonyl (C=O) groups is 1. The van der Waals surface area contributed by atoms with E-state index >= 15 is 0 Å². The van der Waals surface area contributed by atoms with E-state index in [0.717, 1.165) is 13.0 Å². The third-order valence-electron chi connectivity index (χ3n) is 3.12. The van der Waals surface area contributed by atoms with E-state index in [9.17, 15) is 4.79 Å². The van der Waals surface area contributed by atoms with E-state index < -0.39 is 5.60 Å². The van der Waals surface area contributed by atoms with E-state index in [1.54, 1.807) is 0 Å². The second-order valence-corrected chi connectivity index (χ2v) is 5.79. The SMILES string of the molecule is C=C[C@@H]1C[C@H](C(=O)OC(C)(C)C)N[C@H]1C1CO1. The molecular weight excluding hydrogens is 218 g/mol. The molecule has 0 bridgehead atoms. The highest BCUT2D eigenvalue weighted by atomic mass is 16.6. The van der Waals surface area contributed by atoms with Gasteiger partial charge < -0.3 is 9.47 Å². The van der Waals surface area contributed by atoms with Crippen molar-refractivity contribution in [2.24, 2.45) is 5.92 Å². The number of rotatable bonds is 3. The van der Waals surface area contributed by atoms with Crippen LogP contribution in [0.25, 0.3) is 0 Å². The molecule has 0 aromatic heterocycles. The van der Waals surface area contributed by atoms with Crippen molar-refractivity contribution < 1.29 is 14.3 Å². The van der Waals surface area contributed by atoms with Crippen LogP contribution in [0, 0.1) is 5.92 Å². The summed E-state index contributed by atoms with van der Waals surface area (Å²) in [6, 6.07) is -0.0172. The third-order valence-corrected chi connectivity index (χ3v) is 3.12. The number of hydrogen-bond acceptors (Lipinski definition) is 4. The Bertz CT molecular complexity index is 317. The maximum absolute atomic E-state index is 12.0. The minimum absolute atomic E-state index is 0.174. The third kappa shape index (κ3) is 3.07. The summed E-state index contributed by atoms with van der Waals surface area (Å²) < 4.78 is 10.7. The van der Waals surface area contributed by atoms with Crippen molar-refractivity contribution >= 4 is 5.97 Å². The largest absolute Gasteiger partial charge is 0.459 e. The van der Waals surface area contributed by atoms with Crippen molar-refractivity contribution in [3.8, 4) is 0 Å². The molecule has 4 heteroatoms. The fourth-order valence-corrected chi connectivity index (χ4v) is 2.27. The van der Waals surface area contributed by atoms with Crippen LogP contribution in [-0.4, -0.2) is 36.4 Å². The van der Waals surface area contributed by atoms with E-state index in [1.165, 1.54) is 0 Å². The van der Waals surface area contributed by atoms with Gasteiger partial charge in [-0.25, -0.2) is 0 Å². The fraction of sp³-hybridized carbons (Fsp3) is 0.769. The van der Waals surface area contributed by atoms with Crippen LogP contribution < -0.4 is 5.32 Å². The van der Waals surface area contributed by atoms with Crippen molar-refractivity contribution in [3.05, 3.63) is 12.7 Å². The summed E-state index contributed by atoms with van der Waals surface area (Å²) in [4.78, 5) is 12.0. The molecule has 4 nitrogen and oxygen atoms in total. The maximum Gasteiger partial charge on any atom is 0.323 e. The van der Waals surface area contributed by atoms with Gasteiger partial charge in [0.1, 0.15) is 11.6 Å². The van der Waals surface area contributed by atoms with Crippen LogP contribution in [0.15, 0.2) is 12.7 Å². The first kappa shape index (κ1) is 12.6. The number of hydrogen-bond donors (Lipinski definition) is 1. The van der Waals surface area contributed by atoms with Gasteiger partial charge in [-0.2, -0.15) is 0 Å². The van der Waals surface area contributed by atoms with Gasteiger partial charge in [0.05, 0.1) is 12.7 Å². The lowest BCUT2D eigenvalue weighted by atomic mass is 9.97. The van der Waals surface area contributed by atoms with Crippen LogP contribution in [-0.2, 0) is 14.3 Å². The lowest BCUT2D eigenvalue weighted by Crippen LogP contribution is -2.42. The first-order valence-electron chi connectivity index (χ1n) is 6.14. The molecule has 0 radical (unpaired) electrons. The van der Waals surface area contributed by atoms with Gasteiger partial charge >= 0.3 is 5.97 Å². The number of epoxide rings is 1. The van der Waals surface area contributed by atoms with E-state index in [-0.39, 0.29) is 24.2 Å². The Morgan fingerprint density at radius 3 is 2.65 bits per heavy atom. The topological polar surface area (TPSA) is 50.9 Å². The highest BCUT2D eigenvalue weighted by Gasteiger charge is 2.45. The smallest absolute Gasteiger partial charge is 0.323 e. The zero-order valence-corrected chi connectivity index (χ0v) is 10.7. The zero-order chi connectivity index (χ0) is 12.6. The van der Waals surface area contributed by atoms with E-state index in [2.05, 4.69) is 11.9 Å². The number of nitrogens with one attached hydrogen (secondary N) is 1. The molecule has 0 amide bonds. The van der Waals surface area contributed by atoms with Crippen LogP contribution in [0.4, 0.5) is 0 Å². The quantitative estimate of drug-likeness (QED) is 0.457. The van der Waals surface area contributed by atoms with E-state index in [1.807, 2.05) is 26.8 Å². The average Bonchev–Trinajstić information content (AvgIpc) is 2.95. The van der Waals surface area contributed by atoms with Gasteiger partial charge in [-0.05, 0) is 33.1 Å². The molecule has 96 valence electrons. The van der Waals surface area contributed by atoms with Crippen LogP contribution >= 0.6 is 0 Å². The minimum atomic E-state index is -0.434. The lowest BCUT2D eigenvalue weighted by Gasteiger charge is -2.22. The summed E-state index contributed by atoms with van der Waals surface area (Å²) >= 11 is 0. The molecule has 2 aliphatic heterocycles. The van der Waals surface area contributed by atoms with Crippen LogP contribution in [0.5, 0.6) is 0 Å². The monoisotopic (exact) mass is 239 g/mol. The van der Waals surface area contributed by atoms with Crippen LogP contribution in [0.2, 0.25) is 0 Å². The Morgan fingerprint density at radius 2 is 2.18 bits per heavy atom. The van der Waals surface area contributed by atoms with Gasteiger partial charge in [0.25, 0.3) is 0 Å². The van der Waals surface area contributed by atoms with E-state index in [4.69, 9.17) is 9.47 Å². The molecule has 2 saturated heterocycles. The van der Waals surface area contributed by atoms with Gasteiger partial charge in [0, 0.05) is 6.04 Å². The van der Waals surface area contributed by atoms with Crippen molar-refractivity contribution in [3.63, 3.8) is 0 Å². The number of esters is 1. The molecule has 0 aliphatic carbocycles. The second kappa shape index (κ2) is 4.42. The summed E-state index contributed by atoms with van der Waals surface area (Å²) in [5.74, 6) is 0.118. The highest BCUT2D eigenvalue weighted by Crippen LogP contribution is 2.31. The summed E-state index contributed by atoms with van der Waals surface area (Å²) in [5, 5.41) is 3.31.